The van der Waals surface area contributed by atoms with Gasteiger partial charge >= 0.3 is 0 Å². The SMILES string of the molecule is O=C(c1ccc(F)cc1)c1c[nH]c2ccc(F)cc12. The molecule has 0 radical (unpaired) electrons. The molecule has 0 atom stereocenters. The molecule has 0 amide bonds. The maximum Gasteiger partial charge on any atom is 0.195 e. The quantitative estimate of drug-likeness (QED) is 0.698. The molecule has 0 bridgehead atoms. The summed E-state index contributed by atoms with van der Waals surface area (Å²) in [5.74, 6) is -1.07. The highest BCUT2D eigenvalue weighted by molar-refractivity contribution is 6.16. The van der Waals surface area contributed by atoms with E-state index in [9.17, 15) is 13.6 Å². The highest BCUT2D eigenvalue weighted by Crippen LogP contribution is 2.22. The van der Waals surface area contributed by atoms with E-state index in [2.05, 4.69) is 4.98 Å². The van der Waals surface area contributed by atoms with Gasteiger partial charge in [0.15, 0.2) is 5.78 Å². The van der Waals surface area contributed by atoms with Crippen LogP contribution in [0.3, 0.4) is 0 Å². The molecule has 1 aromatic heterocycles. The van der Waals surface area contributed by atoms with Crippen molar-refractivity contribution in [3.63, 3.8) is 0 Å². The number of nitrogens with one attached hydrogen (secondary N) is 1. The van der Waals surface area contributed by atoms with Crippen molar-refractivity contribution in [2.24, 2.45) is 0 Å². The Morgan fingerprint density at radius 2 is 1.63 bits per heavy atom. The van der Waals surface area contributed by atoms with E-state index in [0.717, 1.165) is 0 Å². The second-order valence-corrected chi connectivity index (χ2v) is 4.23. The van der Waals surface area contributed by atoms with Gasteiger partial charge in [0.05, 0.1) is 0 Å². The largest absolute Gasteiger partial charge is 0.360 e. The molecule has 1 heterocycles. The lowest BCUT2D eigenvalue weighted by Gasteiger charge is -2.00. The van der Waals surface area contributed by atoms with Crippen molar-refractivity contribution >= 4 is 16.7 Å². The zero-order valence-electron chi connectivity index (χ0n) is 9.78. The van der Waals surface area contributed by atoms with Gasteiger partial charge in [-0.1, -0.05) is 0 Å². The van der Waals surface area contributed by atoms with Crippen molar-refractivity contribution in [2.45, 2.75) is 0 Å². The number of hydrogen-bond acceptors (Lipinski definition) is 1. The van der Waals surface area contributed by atoms with Crippen LogP contribution in [-0.2, 0) is 0 Å². The van der Waals surface area contributed by atoms with Crippen LogP contribution in [0.2, 0.25) is 0 Å². The van der Waals surface area contributed by atoms with Crippen molar-refractivity contribution in [2.75, 3.05) is 0 Å². The first-order valence-corrected chi connectivity index (χ1v) is 5.72. The fourth-order valence-corrected chi connectivity index (χ4v) is 2.04. The number of hydrogen-bond donors (Lipinski definition) is 1. The fourth-order valence-electron chi connectivity index (χ4n) is 2.04. The molecule has 3 rings (SSSR count). The van der Waals surface area contributed by atoms with Gasteiger partial charge in [-0.15, -0.1) is 0 Å². The molecule has 2 aromatic carbocycles. The number of carbonyl (C=O) groups excluding carboxylic acids is 1. The van der Waals surface area contributed by atoms with Gasteiger partial charge in [-0.3, -0.25) is 4.79 Å². The van der Waals surface area contributed by atoms with Gasteiger partial charge in [-0.05, 0) is 42.5 Å². The lowest BCUT2D eigenvalue weighted by Crippen LogP contribution is -2.00. The molecule has 0 fully saturated rings. The second-order valence-electron chi connectivity index (χ2n) is 4.23. The summed E-state index contributed by atoms with van der Waals surface area (Å²) in [6.07, 6.45) is 1.54. The smallest absolute Gasteiger partial charge is 0.195 e. The maximum absolute atomic E-state index is 13.2. The molecule has 0 unspecified atom stereocenters. The first-order chi connectivity index (χ1) is 9.15. The average molecular weight is 257 g/mol. The van der Waals surface area contributed by atoms with E-state index in [0.29, 0.717) is 22.0 Å². The van der Waals surface area contributed by atoms with Crippen molar-refractivity contribution in [1.29, 1.82) is 0 Å². The molecule has 2 nitrogen and oxygen atoms in total. The Kier molecular flexibility index (Phi) is 2.63. The Balaban J connectivity index is 2.11. The second kappa shape index (κ2) is 4.31. The van der Waals surface area contributed by atoms with E-state index in [1.807, 2.05) is 0 Å². The highest BCUT2D eigenvalue weighted by Gasteiger charge is 2.14. The first kappa shape index (κ1) is 11.6. The van der Waals surface area contributed by atoms with Crippen LogP contribution < -0.4 is 0 Å². The summed E-state index contributed by atoms with van der Waals surface area (Å²) in [7, 11) is 0. The minimum absolute atomic E-state index is 0.267. The summed E-state index contributed by atoms with van der Waals surface area (Å²) in [6.45, 7) is 0. The Bertz CT molecular complexity index is 759. The number of carbonyl (C=O) groups is 1. The third-order valence-corrected chi connectivity index (χ3v) is 2.99. The number of aromatic amines is 1. The molecular formula is C15H9F2NO. The zero-order chi connectivity index (χ0) is 13.4. The number of H-pyrrole nitrogens is 1. The van der Waals surface area contributed by atoms with Crippen molar-refractivity contribution in [3.05, 3.63) is 71.4 Å². The molecule has 0 saturated heterocycles. The van der Waals surface area contributed by atoms with E-state index in [-0.39, 0.29) is 5.78 Å². The summed E-state index contributed by atoms with van der Waals surface area (Å²) in [5, 5.41) is 0.523. The van der Waals surface area contributed by atoms with Crippen molar-refractivity contribution in [3.8, 4) is 0 Å². The van der Waals surface area contributed by atoms with Gasteiger partial charge in [-0.2, -0.15) is 0 Å². The Morgan fingerprint density at radius 3 is 2.37 bits per heavy atom. The monoisotopic (exact) mass is 257 g/mol. The highest BCUT2D eigenvalue weighted by atomic mass is 19.1. The van der Waals surface area contributed by atoms with E-state index < -0.39 is 11.6 Å². The predicted molar refractivity (Wildman–Crippen MR) is 68.1 cm³/mol. The number of fused-ring (bicyclic) bond motifs is 1. The number of rotatable bonds is 2. The van der Waals surface area contributed by atoms with Crippen LogP contribution in [0.25, 0.3) is 10.9 Å². The number of benzene rings is 2. The Morgan fingerprint density at radius 1 is 0.947 bits per heavy atom. The van der Waals surface area contributed by atoms with Crippen LogP contribution in [0, 0.1) is 11.6 Å². The minimum atomic E-state index is -0.403. The van der Waals surface area contributed by atoms with Crippen LogP contribution in [0.4, 0.5) is 8.78 Å². The molecule has 0 aliphatic carbocycles. The van der Waals surface area contributed by atoms with Gasteiger partial charge in [-0.25, -0.2) is 8.78 Å². The molecule has 4 heteroatoms. The number of halogens is 2. The van der Waals surface area contributed by atoms with Crippen LogP contribution in [0.15, 0.2) is 48.7 Å². The van der Waals surface area contributed by atoms with Crippen LogP contribution in [0.5, 0.6) is 0 Å². The molecule has 19 heavy (non-hydrogen) atoms. The van der Waals surface area contributed by atoms with E-state index >= 15 is 0 Å². The van der Waals surface area contributed by atoms with Crippen molar-refractivity contribution in [1.82, 2.24) is 4.98 Å². The lowest BCUT2D eigenvalue weighted by molar-refractivity contribution is 0.104. The van der Waals surface area contributed by atoms with Gasteiger partial charge in [0.1, 0.15) is 11.6 Å². The first-order valence-electron chi connectivity index (χ1n) is 5.72. The molecule has 0 saturated carbocycles. The molecule has 94 valence electrons. The summed E-state index contributed by atoms with van der Waals surface area (Å²) >= 11 is 0. The maximum atomic E-state index is 13.2. The summed E-state index contributed by atoms with van der Waals surface area (Å²) in [4.78, 5) is 15.2. The molecule has 3 aromatic rings. The normalized spacial score (nSPS) is 10.8. The molecule has 0 aliphatic rings. The number of aromatic nitrogens is 1. The third kappa shape index (κ3) is 2.01. The zero-order valence-corrected chi connectivity index (χ0v) is 9.78. The fraction of sp³-hybridized carbons (Fsp3) is 0. The van der Waals surface area contributed by atoms with Crippen LogP contribution in [-0.4, -0.2) is 10.8 Å². The predicted octanol–water partition coefficient (Wildman–Crippen LogP) is 3.68. The molecule has 0 spiro atoms. The average Bonchev–Trinajstić information content (AvgIpc) is 2.81. The molecule has 0 aliphatic heterocycles. The lowest BCUT2D eigenvalue weighted by atomic mass is 10.0. The minimum Gasteiger partial charge on any atom is -0.360 e. The molecule has 1 N–H and O–H groups in total. The van der Waals surface area contributed by atoms with E-state index in [1.54, 1.807) is 6.07 Å². The summed E-state index contributed by atoms with van der Waals surface area (Å²) < 4.78 is 26.1. The topological polar surface area (TPSA) is 32.9 Å². The van der Waals surface area contributed by atoms with Gasteiger partial charge in [0, 0.05) is 28.2 Å². The van der Waals surface area contributed by atoms with Crippen LogP contribution in [0.1, 0.15) is 15.9 Å². The van der Waals surface area contributed by atoms with E-state index in [4.69, 9.17) is 0 Å². The van der Waals surface area contributed by atoms with E-state index in [1.165, 1.54) is 42.6 Å². The van der Waals surface area contributed by atoms with Gasteiger partial charge in [0.25, 0.3) is 0 Å². The summed E-state index contributed by atoms with van der Waals surface area (Å²) in [5.41, 5.74) is 1.43. The summed E-state index contributed by atoms with van der Waals surface area (Å²) in [6, 6.07) is 9.48. The number of ketones is 1. The molecular weight excluding hydrogens is 248 g/mol. The standard InChI is InChI=1S/C15H9F2NO/c16-10-3-1-9(2-4-10)15(19)13-8-18-14-6-5-11(17)7-12(13)14/h1-8,18H. The van der Waals surface area contributed by atoms with Gasteiger partial charge < -0.3 is 4.98 Å². The van der Waals surface area contributed by atoms with Gasteiger partial charge in [0.2, 0.25) is 0 Å². The Hall–Kier alpha value is -2.49. The third-order valence-electron chi connectivity index (χ3n) is 2.99. The van der Waals surface area contributed by atoms with Crippen LogP contribution >= 0.6 is 0 Å². The van der Waals surface area contributed by atoms with Crippen molar-refractivity contribution < 1.29 is 13.6 Å². The Labute approximate surface area is 107 Å².